The molecule has 0 fully saturated rings. The molecule has 2 aromatic heterocycles. The van der Waals surface area contributed by atoms with Crippen LogP contribution < -0.4 is 15.8 Å². The fourth-order valence-electron chi connectivity index (χ4n) is 2.40. The lowest BCUT2D eigenvalue weighted by Crippen LogP contribution is -2.16. The van der Waals surface area contributed by atoms with Gasteiger partial charge in [-0.3, -0.25) is 5.41 Å². The van der Waals surface area contributed by atoms with E-state index in [1.165, 1.54) is 18.5 Å². The summed E-state index contributed by atoms with van der Waals surface area (Å²) >= 11 is 6.17. The highest BCUT2D eigenvalue weighted by molar-refractivity contribution is 6.35. The zero-order valence-electron chi connectivity index (χ0n) is 15.7. The Bertz CT molecular complexity index is 1100. The monoisotopic (exact) mass is 434 g/mol. The van der Waals surface area contributed by atoms with Gasteiger partial charge in [-0.2, -0.15) is 4.98 Å². The van der Waals surface area contributed by atoms with Gasteiger partial charge in [-0.1, -0.05) is 11.6 Å². The lowest BCUT2D eigenvalue weighted by atomic mass is 10.1. The number of hydrogen-bond acceptors (Lipinski definition) is 8. The van der Waals surface area contributed by atoms with Gasteiger partial charge in [0, 0.05) is 30.6 Å². The SMILES string of the molecule is CC(O)CNc1cc(C(=N)c2cnc(Oc3ccc(F)cc3F)nc2N)c(Cl)cn1. The molecule has 8 nitrogen and oxygen atoms in total. The molecule has 3 rings (SSSR count). The summed E-state index contributed by atoms with van der Waals surface area (Å²) < 4.78 is 31.9. The topological polar surface area (TPSA) is 130 Å². The second kappa shape index (κ2) is 8.97. The number of aliphatic hydroxyl groups is 1. The number of nitrogens with zero attached hydrogens (tertiary/aromatic N) is 3. The molecule has 1 aromatic carbocycles. The van der Waals surface area contributed by atoms with Crippen molar-refractivity contribution >= 4 is 28.9 Å². The number of aliphatic hydroxyl groups excluding tert-OH is 1. The van der Waals surface area contributed by atoms with Gasteiger partial charge in [-0.25, -0.2) is 18.7 Å². The van der Waals surface area contributed by atoms with E-state index in [1.807, 2.05) is 0 Å². The average molecular weight is 435 g/mol. The molecule has 0 amide bonds. The van der Waals surface area contributed by atoms with Gasteiger partial charge in [0.1, 0.15) is 17.5 Å². The molecule has 0 bridgehead atoms. The molecule has 1 atom stereocenters. The van der Waals surface area contributed by atoms with Crippen LogP contribution in [0.15, 0.2) is 36.7 Å². The van der Waals surface area contributed by atoms with Crippen molar-refractivity contribution in [2.75, 3.05) is 17.6 Å². The molecule has 0 saturated carbocycles. The summed E-state index contributed by atoms with van der Waals surface area (Å²) in [6.07, 6.45) is 2.01. The van der Waals surface area contributed by atoms with Crippen LogP contribution in [0, 0.1) is 17.0 Å². The number of anilines is 2. The smallest absolute Gasteiger partial charge is 0.324 e. The van der Waals surface area contributed by atoms with E-state index >= 15 is 0 Å². The molecule has 1 unspecified atom stereocenters. The Balaban J connectivity index is 1.84. The summed E-state index contributed by atoms with van der Waals surface area (Å²) in [7, 11) is 0. The molecular weight excluding hydrogens is 418 g/mol. The van der Waals surface area contributed by atoms with Crippen LogP contribution in [0.3, 0.4) is 0 Å². The van der Waals surface area contributed by atoms with Gasteiger partial charge in [0.2, 0.25) is 0 Å². The first kappa shape index (κ1) is 21.3. The average Bonchev–Trinajstić information content (AvgIpc) is 2.69. The number of hydrogen-bond donors (Lipinski definition) is 4. The van der Waals surface area contributed by atoms with Gasteiger partial charge < -0.3 is 20.9 Å². The van der Waals surface area contributed by atoms with Gasteiger partial charge in [-0.15, -0.1) is 0 Å². The van der Waals surface area contributed by atoms with Crippen molar-refractivity contribution < 1.29 is 18.6 Å². The maximum atomic E-state index is 13.7. The van der Waals surface area contributed by atoms with Gasteiger partial charge in [0.25, 0.3) is 0 Å². The molecule has 2 heterocycles. The maximum Gasteiger partial charge on any atom is 0.324 e. The minimum atomic E-state index is -0.921. The molecule has 5 N–H and O–H groups in total. The number of pyridine rings is 1. The molecule has 0 aliphatic rings. The first-order valence-electron chi connectivity index (χ1n) is 8.66. The summed E-state index contributed by atoms with van der Waals surface area (Å²) in [5.41, 5.74) is 6.34. The zero-order chi connectivity index (χ0) is 21.8. The van der Waals surface area contributed by atoms with E-state index in [1.54, 1.807) is 6.92 Å². The number of rotatable bonds is 7. The van der Waals surface area contributed by atoms with E-state index < -0.39 is 17.7 Å². The fraction of sp³-hybridized carbons (Fsp3) is 0.158. The molecule has 0 saturated heterocycles. The number of nitrogens with one attached hydrogen (secondary N) is 2. The second-order valence-corrected chi connectivity index (χ2v) is 6.69. The van der Waals surface area contributed by atoms with Crippen LogP contribution in [0.4, 0.5) is 20.4 Å². The first-order chi connectivity index (χ1) is 14.2. The van der Waals surface area contributed by atoms with Crippen LogP contribution in [0.1, 0.15) is 18.1 Å². The summed E-state index contributed by atoms with van der Waals surface area (Å²) in [5.74, 6) is -1.63. The van der Waals surface area contributed by atoms with Crippen molar-refractivity contribution in [3.05, 3.63) is 64.4 Å². The van der Waals surface area contributed by atoms with Gasteiger partial charge in [0.05, 0.1) is 22.4 Å². The van der Waals surface area contributed by atoms with E-state index in [4.69, 9.17) is 27.5 Å². The van der Waals surface area contributed by atoms with Crippen LogP contribution in [0.25, 0.3) is 0 Å². The number of halogens is 3. The van der Waals surface area contributed by atoms with Crippen molar-refractivity contribution in [1.29, 1.82) is 5.41 Å². The van der Waals surface area contributed by atoms with Crippen molar-refractivity contribution in [3.63, 3.8) is 0 Å². The number of aromatic nitrogens is 3. The van der Waals surface area contributed by atoms with E-state index in [2.05, 4.69) is 20.3 Å². The number of nitrogen functional groups attached to an aromatic ring is 1. The maximum absolute atomic E-state index is 13.7. The van der Waals surface area contributed by atoms with Gasteiger partial charge in [0.15, 0.2) is 11.6 Å². The Kier molecular flexibility index (Phi) is 6.38. The summed E-state index contributed by atoms with van der Waals surface area (Å²) in [4.78, 5) is 11.9. The highest BCUT2D eigenvalue weighted by Gasteiger charge is 2.17. The van der Waals surface area contributed by atoms with Crippen LogP contribution in [-0.2, 0) is 0 Å². The van der Waals surface area contributed by atoms with Crippen LogP contribution in [-0.4, -0.2) is 38.4 Å². The Morgan fingerprint density at radius 2 is 2.03 bits per heavy atom. The third-order valence-electron chi connectivity index (χ3n) is 3.86. The Hall–Kier alpha value is -3.37. The van der Waals surface area contributed by atoms with E-state index in [-0.39, 0.29) is 40.4 Å². The third kappa shape index (κ3) is 4.97. The first-order valence-corrected chi connectivity index (χ1v) is 9.04. The van der Waals surface area contributed by atoms with Gasteiger partial charge >= 0.3 is 6.01 Å². The van der Waals surface area contributed by atoms with Crippen molar-refractivity contribution in [3.8, 4) is 11.8 Å². The highest BCUT2D eigenvalue weighted by Crippen LogP contribution is 2.26. The Labute approximate surface area is 175 Å². The molecular formula is C19H17ClF2N6O2. The second-order valence-electron chi connectivity index (χ2n) is 6.28. The van der Waals surface area contributed by atoms with Crippen LogP contribution in [0.5, 0.6) is 11.8 Å². The number of ether oxygens (including phenoxy) is 1. The van der Waals surface area contributed by atoms with E-state index in [0.717, 1.165) is 12.1 Å². The summed E-state index contributed by atoms with van der Waals surface area (Å²) in [6.45, 7) is 1.88. The number of nitrogens with two attached hydrogens (primary N) is 1. The largest absolute Gasteiger partial charge is 0.421 e. The van der Waals surface area contributed by atoms with E-state index in [0.29, 0.717) is 17.4 Å². The third-order valence-corrected chi connectivity index (χ3v) is 4.17. The van der Waals surface area contributed by atoms with E-state index in [9.17, 15) is 13.9 Å². The fourth-order valence-corrected chi connectivity index (χ4v) is 2.60. The molecule has 0 aliphatic carbocycles. The summed E-state index contributed by atoms with van der Waals surface area (Å²) in [6, 6.07) is 4.05. The molecule has 0 aliphatic heterocycles. The van der Waals surface area contributed by atoms with Crippen molar-refractivity contribution in [2.45, 2.75) is 13.0 Å². The molecule has 0 radical (unpaired) electrons. The predicted octanol–water partition coefficient (Wildman–Crippen LogP) is 3.39. The van der Waals surface area contributed by atoms with Crippen LogP contribution in [0.2, 0.25) is 5.02 Å². The quantitative estimate of drug-likeness (QED) is 0.419. The molecule has 156 valence electrons. The molecule has 30 heavy (non-hydrogen) atoms. The molecule has 3 aromatic rings. The Morgan fingerprint density at radius 1 is 1.27 bits per heavy atom. The number of benzene rings is 1. The lowest BCUT2D eigenvalue weighted by molar-refractivity contribution is 0.208. The van der Waals surface area contributed by atoms with Crippen molar-refractivity contribution in [1.82, 2.24) is 15.0 Å². The summed E-state index contributed by atoms with van der Waals surface area (Å²) in [5, 5.41) is 20.9. The Morgan fingerprint density at radius 3 is 2.70 bits per heavy atom. The standard InChI is InChI=1S/C19H17ClF2N6O2/c1-9(29)6-25-16-5-11(13(20)8-26-16)17(23)12-7-27-19(28-18(12)24)30-15-3-2-10(21)4-14(15)22/h2-5,7-9,23,29H,6H2,1H3,(H,25,26)(H2,24,27,28). The molecule has 0 spiro atoms. The normalized spacial score (nSPS) is 11.8. The minimum Gasteiger partial charge on any atom is -0.421 e. The van der Waals surface area contributed by atoms with Crippen LogP contribution >= 0.6 is 11.6 Å². The molecule has 11 heteroatoms. The van der Waals surface area contributed by atoms with Gasteiger partial charge in [-0.05, 0) is 25.1 Å². The predicted molar refractivity (Wildman–Crippen MR) is 108 cm³/mol. The zero-order valence-corrected chi connectivity index (χ0v) is 16.4. The minimum absolute atomic E-state index is 0.0699. The highest BCUT2D eigenvalue weighted by atomic mass is 35.5. The van der Waals surface area contributed by atoms with Crippen molar-refractivity contribution in [2.24, 2.45) is 0 Å². The lowest BCUT2D eigenvalue weighted by Gasteiger charge is -2.12.